The lowest BCUT2D eigenvalue weighted by Gasteiger charge is -2.10. The average Bonchev–Trinajstić information content (AvgIpc) is 2.27. The SMILES string of the molecule is CC(=O)CC(=O)Nc1cccc(NC(=O)C(C)C)c1. The normalized spacial score (nSPS) is 10.1. The van der Waals surface area contributed by atoms with Crippen molar-refractivity contribution in [3.8, 4) is 0 Å². The first-order chi connectivity index (χ1) is 8.88. The Labute approximate surface area is 112 Å². The molecule has 0 saturated carbocycles. The van der Waals surface area contributed by atoms with Gasteiger partial charge in [-0.1, -0.05) is 19.9 Å². The maximum atomic E-state index is 11.5. The summed E-state index contributed by atoms with van der Waals surface area (Å²) in [5.74, 6) is -0.759. The number of amides is 2. The van der Waals surface area contributed by atoms with Crippen LogP contribution in [0.4, 0.5) is 11.4 Å². The molecule has 0 aromatic heterocycles. The molecule has 2 N–H and O–H groups in total. The number of ketones is 1. The van der Waals surface area contributed by atoms with Gasteiger partial charge < -0.3 is 10.6 Å². The highest BCUT2D eigenvalue weighted by molar-refractivity contribution is 6.03. The van der Waals surface area contributed by atoms with E-state index < -0.39 is 0 Å². The minimum atomic E-state index is -0.361. The summed E-state index contributed by atoms with van der Waals surface area (Å²) in [6.07, 6.45) is -0.150. The van der Waals surface area contributed by atoms with Gasteiger partial charge >= 0.3 is 0 Å². The van der Waals surface area contributed by atoms with Gasteiger partial charge in [-0.25, -0.2) is 0 Å². The first-order valence-electron chi connectivity index (χ1n) is 6.08. The second kappa shape index (κ2) is 6.68. The summed E-state index contributed by atoms with van der Waals surface area (Å²) in [7, 11) is 0. The third-order valence-electron chi connectivity index (χ3n) is 2.35. The molecule has 0 aliphatic rings. The van der Waals surface area contributed by atoms with Crippen molar-refractivity contribution in [1.82, 2.24) is 0 Å². The van der Waals surface area contributed by atoms with Gasteiger partial charge in [-0.15, -0.1) is 0 Å². The second-order valence-electron chi connectivity index (χ2n) is 4.65. The lowest BCUT2D eigenvalue weighted by atomic mass is 10.2. The van der Waals surface area contributed by atoms with Crippen LogP contribution in [0, 0.1) is 5.92 Å². The zero-order valence-electron chi connectivity index (χ0n) is 11.3. The third-order valence-corrected chi connectivity index (χ3v) is 2.35. The molecular weight excluding hydrogens is 244 g/mol. The highest BCUT2D eigenvalue weighted by Gasteiger charge is 2.09. The Morgan fingerprint density at radius 2 is 1.68 bits per heavy atom. The Bertz CT molecular complexity index is 495. The summed E-state index contributed by atoms with van der Waals surface area (Å²) in [5, 5.41) is 5.34. The minimum absolute atomic E-state index is 0.0905. The zero-order chi connectivity index (χ0) is 14.4. The lowest BCUT2D eigenvalue weighted by Crippen LogP contribution is -2.18. The molecular formula is C14H18N2O3. The van der Waals surface area contributed by atoms with Gasteiger partial charge in [-0.05, 0) is 25.1 Å². The molecule has 5 heteroatoms. The monoisotopic (exact) mass is 262 g/mol. The van der Waals surface area contributed by atoms with Gasteiger partial charge in [0.25, 0.3) is 0 Å². The number of hydrogen-bond donors (Lipinski definition) is 2. The highest BCUT2D eigenvalue weighted by Crippen LogP contribution is 2.16. The van der Waals surface area contributed by atoms with E-state index >= 15 is 0 Å². The standard InChI is InChI=1S/C14H18N2O3/c1-9(2)14(19)16-12-6-4-5-11(8-12)15-13(18)7-10(3)17/h4-6,8-9H,7H2,1-3H3,(H,15,18)(H,16,19). The Morgan fingerprint density at radius 1 is 1.11 bits per heavy atom. The molecule has 0 aliphatic carbocycles. The van der Waals surface area contributed by atoms with Crippen LogP contribution in [0.25, 0.3) is 0 Å². The molecule has 2 amide bonds. The Hall–Kier alpha value is -2.17. The van der Waals surface area contributed by atoms with Gasteiger partial charge in [0, 0.05) is 17.3 Å². The zero-order valence-corrected chi connectivity index (χ0v) is 11.3. The molecule has 0 radical (unpaired) electrons. The second-order valence-corrected chi connectivity index (χ2v) is 4.65. The molecule has 0 unspecified atom stereocenters. The first-order valence-corrected chi connectivity index (χ1v) is 6.08. The van der Waals surface area contributed by atoms with E-state index in [1.807, 2.05) is 0 Å². The fourth-order valence-corrected chi connectivity index (χ4v) is 1.39. The number of benzene rings is 1. The lowest BCUT2D eigenvalue weighted by molar-refractivity contribution is -0.124. The van der Waals surface area contributed by atoms with Gasteiger partial charge in [0.2, 0.25) is 11.8 Å². The maximum absolute atomic E-state index is 11.5. The first kappa shape index (κ1) is 14.9. The molecule has 0 spiro atoms. The molecule has 0 bridgehead atoms. The van der Waals surface area contributed by atoms with Crippen molar-refractivity contribution < 1.29 is 14.4 Å². The molecule has 0 saturated heterocycles. The summed E-state index contributed by atoms with van der Waals surface area (Å²) in [4.78, 5) is 33.8. The minimum Gasteiger partial charge on any atom is -0.326 e. The number of nitrogens with one attached hydrogen (secondary N) is 2. The predicted molar refractivity (Wildman–Crippen MR) is 73.8 cm³/mol. The highest BCUT2D eigenvalue weighted by atomic mass is 16.2. The summed E-state index contributed by atoms with van der Waals surface area (Å²) < 4.78 is 0. The number of rotatable bonds is 5. The van der Waals surface area contributed by atoms with Crippen LogP contribution in [0.1, 0.15) is 27.2 Å². The molecule has 1 aromatic rings. The molecule has 0 fully saturated rings. The van der Waals surface area contributed by atoms with E-state index in [1.165, 1.54) is 6.92 Å². The molecule has 102 valence electrons. The van der Waals surface area contributed by atoms with Crippen molar-refractivity contribution >= 4 is 29.0 Å². The van der Waals surface area contributed by atoms with Crippen LogP contribution < -0.4 is 10.6 Å². The van der Waals surface area contributed by atoms with Crippen molar-refractivity contribution in [3.63, 3.8) is 0 Å². The molecule has 0 heterocycles. The van der Waals surface area contributed by atoms with E-state index in [4.69, 9.17) is 0 Å². The van der Waals surface area contributed by atoms with E-state index in [1.54, 1.807) is 38.1 Å². The largest absolute Gasteiger partial charge is 0.326 e. The maximum Gasteiger partial charge on any atom is 0.231 e. The van der Waals surface area contributed by atoms with Crippen molar-refractivity contribution in [1.29, 1.82) is 0 Å². The average molecular weight is 262 g/mol. The van der Waals surface area contributed by atoms with E-state index in [0.717, 1.165) is 0 Å². The Balaban J connectivity index is 2.69. The van der Waals surface area contributed by atoms with E-state index in [9.17, 15) is 14.4 Å². The number of carbonyl (C=O) groups excluding carboxylic acids is 3. The molecule has 1 aromatic carbocycles. The van der Waals surface area contributed by atoms with Gasteiger partial charge in [-0.3, -0.25) is 14.4 Å². The van der Waals surface area contributed by atoms with Gasteiger partial charge in [0.1, 0.15) is 5.78 Å². The van der Waals surface area contributed by atoms with Crippen LogP contribution in [-0.2, 0) is 14.4 Å². The van der Waals surface area contributed by atoms with Crippen LogP contribution in [-0.4, -0.2) is 17.6 Å². The fraction of sp³-hybridized carbons (Fsp3) is 0.357. The van der Waals surface area contributed by atoms with Crippen LogP contribution in [0.2, 0.25) is 0 Å². The van der Waals surface area contributed by atoms with Crippen LogP contribution in [0.15, 0.2) is 24.3 Å². The number of Topliss-reactive ketones (excluding diaryl/α,β-unsaturated/α-hetero) is 1. The third kappa shape index (κ3) is 5.33. The van der Waals surface area contributed by atoms with E-state index in [2.05, 4.69) is 10.6 Å². The fourth-order valence-electron chi connectivity index (χ4n) is 1.39. The van der Waals surface area contributed by atoms with Crippen molar-refractivity contribution in [2.45, 2.75) is 27.2 Å². The van der Waals surface area contributed by atoms with Crippen LogP contribution in [0.5, 0.6) is 0 Å². The molecule has 0 atom stereocenters. The van der Waals surface area contributed by atoms with Crippen molar-refractivity contribution in [2.24, 2.45) is 5.92 Å². The molecule has 5 nitrogen and oxygen atoms in total. The van der Waals surface area contributed by atoms with Gasteiger partial charge in [-0.2, -0.15) is 0 Å². The van der Waals surface area contributed by atoms with Gasteiger partial charge in [0.05, 0.1) is 6.42 Å². The summed E-state index contributed by atoms with van der Waals surface area (Å²) in [6, 6.07) is 6.81. The molecule has 1 rings (SSSR count). The van der Waals surface area contributed by atoms with Crippen molar-refractivity contribution in [2.75, 3.05) is 10.6 Å². The van der Waals surface area contributed by atoms with E-state index in [-0.39, 0.29) is 29.9 Å². The van der Waals surface area contributed by atoms with Gasteiger partial charge in [0.15, 0.2) is 0 Å². The van der Waals surface area contributed by atoms with E-state index in [0.29, 0.717) is 11.4 Å². The van der Waals surface area contributed by atoms with Crippen LogP contribution >= 0.6 is 0 Å². The number of hydrogen-bond acceptors (Lipinski definition) is 3. The summed E-state index contributed by atoms with van der Waals surface area (Å²) in [6.45, 7) is 4.96. The number of anilines is 2. The Kier molecular flexibility index (Phi) is 5.23. The van der Waals surface area contributed by atoms with Crippen LogP contribution in [0.3, 0.4) is 0 Å². The molecule has 0 aliphatic heterocycles. The quantitative estimate of drug-likeness (QED) is 0.799. The summed E-state index contributed by atoms with van der Waals surface area (Å²) in [5.41, 5.74) is 1.16. The summed E-state index contributed by atoms with van der Waals surface area (Å²) >= 11 is 0. The molecule has 19 heavy (non-hydrogen) atoms. The topological polar surface area (TPSA) is 75.3 Å². The predicted octanol–water partition coefficient (Wildman–Crippen LogP) is 2.20. The smallest absolute Gasteiger partial charge is 0.231 e. The Morgan fingerprint density at radius 3 is 2.21 bits per heavy atom. The van der Waals surface area contributed by atoms with Crippen molar-refractivity contribution in [3.05, 3.63) is 24.3 Å². The number of carbonyl (C=O) groups is 3.